The Hall–Kier alpha value is -3.39. The van der Waals surface area contributed by atoms with Crippen molar-refractivity contribution in [1.29, 1.82) is 0 Å². The number of nitrogens with one attached hydrogen (secondary N) is 1. The van der Waals surface area contributed by atoms with Crippen LogP contribution in [0.4, 0.5) is 4.79 Å². The van der Waals surface area contributed by atoms with Crippen molar-refractivity contribution in [3.8, 4) is 11.1 Å². The van der Waals surface area contributed by atoms with Gasteiger partial charge in [0.15, 0.2) is 0 Å². The second-order valence-corrected chi connectivity index (χ2v) is 10.2. The predicted molar refractivity (Wildman–Crippen MR) is 128 cm³/mol. The van der Waals surface area contributed by atoms with E-state index < -0.39 is 23.6 Å². The summed E-state index contributed by atoms with van der Waals surface area (Å²) in [5, 5.41) is 12.4. The monoisotopic (exact) mass is 478 g/mol. The van der Waals surface area contributed by atoms with Crippen LogP contribution in [0.3, 0.4) is 0 Å². The van der Waals surface area contributed by atoms with Crippen molar-refractivity contribution in [1.82, 2.24) is 10.2 Å². The average molecular weight is 479 g/mol. The van der Waals surface area contributed by atoms with Crippen molar-refractivity contribution in [3.63, 3.8) is 0 Å². The van der Waals surface area contributed by atoms with E-state index in [-0.39, 0.29) is 37.0 Å². The van der Waals surface area contributed by atoms with E-state index in [1.807, 2.05) is 24.3 Å². The minimum absolute atomic E-state index is 0.0375. The number of amides is 2. The highest BCUT2D eigenvalue weighted by Crippen LogP contribution is 2.44. The van der Waals surface area contributed by atoms with E-state index in [0.29, 0.717) is 19.4 Å². The van der Waals surface area contributed by atoms with Crippen molar-refractivity contribution >= 4 is 18.0 Å². The van der Waals surface area contributed by atoms with Gasteiger partial charge in [0.2, 0.25) is 5.91 Å². The van der Waals surface area contributed by atoms with E-state index in [4.69, 9.17) is 9.47 Å². The molecule has 2 aromatic rings. The summed E-state index contributed by atoms with van der Waals surface area (Å²) in [7, 11) is 0. The lowest BCUT2D eigenvalue weighted by Crippen LogP contribution is -2.51. The Balaban J connectivity index is 1.22. The molecule has 184 valence electrons. The summed E-state index contributed by atoms with van der Waals surface area (Å²) in [5.74, 6) is -1.39. The number of ether oxygens (including phenoxy) is 2. The third-order valence-corrected chi connectivity index (χ3v) is 7.27. The van der Waals surface area contributed by atoms with E-state index in [0.717, 1.165) is 22.3 Å². The number of carbonyl (C=O) groups is 3. The summed E-state index contributed by atoms with van der Waals surface area (Å²) in [6.45, 7) is 4.17. The first-order valence-corrected chi connectivity index (χ1v) is 12.0. The fourth-order valence-corrected chi connectivity index (χ4v) is 5.75. The maximum atomic E-state index is 13.2. The smallest absolute Gasteiger partial charge is 0.407 e. The summed E-state index contributed by atoms with van der Waals surface area (Å²) >= 11 is 0. The van der Waals surface area contributed by atoms with Crippen LogP contribution in [0.1, 0.15) is 50.2 Å². The molecular formula is C27H30N2O6. The van der Waals surface area contributed by atoms with Crippen LogP contribution in [0, 0.1) is 0 Å². The molecule has 0 spiro atoms. The quantitative estimate of drug-likeness (QED) is 0.658. The second kappa shape index (κ2) is 9.00. The molecule has 2 aromatic carbocycles. The van der Waals surface area contributed by atoms with Gasteiger partial charge in [0.25, 0.3) is 0 Å². The molecule has 0 saturated carbocycles. The molecule has 2 saturated heterocycles. The summed E-state index contributed by atoms with van der Waals surface area (Å²) in [5.41, 5.74) is 3.63. The van der Waals surface area contributed by atoms with E-state index in [1.165, 1.54) is 4.90 Å². The van der Waals surface area contributed by atoms with Crippen molar-refractivity contribution in [2.75, 3.05) is 13.2 Å². The Bertz CT molecular complexity index is 1120. The molecule has 8 nitrogen and oxygen atoms in total. The van der Waals surface area contributed by atoms with Gasteiger partial charge in [-0.15, -0.1) is 0 Å². The van der Waals surface area contributed by atoms with Crippen LogP contribution in [0.25, 0.3) is 11.1 Å². The number of nitrogens with zero attached hydrogens (tertiary/aromatic N) is 1. The second-order valence-electron chi connectivity index (χ2n) is 10.2. The standard InChI is InChI=1S/C27H30N2O6/c1-27(2,14-24(30)29-21-11-12-34-23(21)13-22(29)25(31)32)28-26(33)35-15-20-18-9-5-3-7-16(18)17-8-4-6-10-19(17)20/h3-10,20-23H,11-15H2,1-2H3,(H,28,33)(H,31,32). The number of carboxylic acid groups (broad SMARTS) is 1. The molecular weight excluding hydrogens is 448 g/mol. The molecule has 2 heterocycles. The third-order valence-electron chi connectivity index (χ3n) is 7.27. The lowest BCUT2D eigenvalue weighted by Gasteiger charge is -2.32. The molecule has 35 heavy (non-hydrogen) atoms. The zero-order valence-electron chi connectivity index (χ0n) is 19.9. The van der Waals surface area contributed by atoms with Gasteiger partial charge in [-0.2, -0.15) is 0 Å². The number of hydrogen-bond acceptors (Lipinski definition) is 5. The first-order valence-electron chi connectivity index (χ1n) is 12.0. The number of likely N-dealkylation sites (tertiary alicyclic amines) is 1. The van der Waals surface area contributed by atoms with Gasteiger partial charge in [0.05, 0.1) is 12.1 Å². The van der Waals surface area contributed by atoms with E-state index in [1.54, 1.807) is 13.8 Å². The number of hydrogen-bond donors (Lipinski definition) is 2. The van der Waals surface area contributed by atoms with Gasteiger partial charge < -0.3 is 24.8 Å². The molecule has 3 unspecified atom stereocenters. The minimum atomic E-state index is -1.03. The molecule has 2 amide bonds. The highest BCUT2D eigenvalue weighted by Gasteiger charge is 2.50. The SMILES string of the molecule is CC(C)(CC(=O)N1C(C(=O)O)CC2OCCC21)NC(=O)OCC1c2ccccc2-c2ccccc21. The zero-order valence-corrected chi connectivity index (χ0v) is 19.9. The highest BCUT2D eigenvalue weighted by molar-refractivity contribution is 5.86. The maximum Gasteiger partial charge on any atom is 0.407 e. The number of carboxylic acids is 1. The molecule has 2 aliphatic heterocycles. The van der Waals surface area contributed by atoms with Crippen LogP contribution >= 0.6 is 0 Å². The number of alkyl carbamates (subject to hydrolysis) is 1. The zero-order chi connectivity index (χ0) is 24.7. The predicted octanol–water partition coefficient (Wildman–Crippen LogP) is 3.54. The summed E-state index contributed by atoms with van der Waals surface area (Å²) < 4.78 is 11.2. The minimum Gasteiger partial charge on any atom is -0.480 e. The van der Waals surface area contributed by atoms with Crippen molar-refractivity contribution < 1.29 is 29.0 Å². The van der Waals surface area contributed by atoms with Gasteiger partial charge in [0, 0.05) is 30.9 Å². The van der Waals surface area contributed by atoms with Crippen LogP contribution in [0.5, 0.6) is 0 Å². The average Bonchev–Trinajstić information content (AvgIpc) is 3.48. The summed E-state index contributed by atoms with van der Waals surface area (Å²) in [6, 6.07) is 15.1. The van der Waals surface area contributed by atoms with Gasteiger partial charge in [-0.3, -0.25) is 4.79 Å². The molecule has 8 heteroatoms. The maximum absolute atomic E-state index is 13.2. The molecule has 3 atom stereocenters. The van der Waals surface area contributed by atoms with Gasteiger partial charge in [-0.05, 0) is 42.5 Å². The fourth-order valence-electron chi connectivity index (χ4n) is 5.75. The third kappa shape index (κ3) is 4.38. The Morgan fingerprint density at radius 2 is 1.71 bits per heavy atom. The largest absolute Gasteiger partial charge is 0.480 e. The van der Waals surface area contributed by atoms with Crippen LogP contribution in [0.15, 0.2) is 48.5 Å². The lowest BCUT2D eigenvalue weighted by atomic mass is 9.98. The number of benzene rings is 2. The van der Waals surface area contributed by atoms with Crippen molar-refractivity contribution in [2.24, 2.45) is 0 Å². The van der Waals surface area contributed by atoms with Gasteiger partial charge >= 0.3 is 12.1 Å². The highest BCUT2D eigenvalue weighted by atomic mass is 16.5. The van der Waals surface area contributed by atoms with Crippen LogP contribution in [-0.2, 0) is 19.1 Å². The summed E-state index contributed by atoms with van der Waals surface area (Å²) in [6.07, 6.45) is 0.0394. The van der Waals surface area contributed by atoms with E-state index in [9.17, 15) is 19.5 Å². The molecule has 1 aliphatic carbocycles. The van der Waals surface area contributed by atoms with Crippen molar-refractivity contribution in [3.05, 3.63) is 59.7 Å². The number of rotatable bonds is 6. The molecule has 3 aliphatic rings. The van der Waals surface area contributed by atoms with Gasteiger partial charge in [0.1, 0.15) is 12.6 Å². The fraction of sp³-hybridized carbons (Fsp3) is 0.444. The number of fused-ring (bicyclic) bond motifs is 4. The van der Waals surface area contributed by atoms with E-state index in [2.05, 4.69) is 29.6 Å². The first-order chi connectivity index (χ1) is 16.7. The molecule has 0 bridgehead atoms. The van der Waals surface area contributed by atoms with Crippen LogP contribution < -0.4 is 5.32 Å². The Labute approximate surface area is 204 Å². The molecule has 5 rings (SSSR count). The molecule has 2 N–H and O–H groups in total. The Kier molecular flexibility index (Phi) is 6.01. The van der Waals surface area contributed by atoms with Crippen LogP contribution in [0.2, 0.25) is 0 Å². The summed E-state index contributed by atoms with van der Waals surface area (Å²) in [4.78, 5) is 39.1. The number of aliphatic carboxylic acids is 1. The van der Waals surface area contributed by atoms with Gasteiger partial charge in [-0.1, -0.05) is 48.5 Å². The van der Waals surface area contributed by atoms with Crippen molar-refractivity contribution in [2.45, 2.75) is 62.8 Å². The number of carbonyl (C=O) groups excluding carboxylic acids is 2. The van der Waals surface area contributed by atoms with Crippen LogP contribution in [-0.4, -0.2) is 64.9 Å². The Morgan fingerprint density at radius 1 is 1.09 bits per heavy atom. The first kappa shape index (κ1) is 23.4. The topological polar surface area (TPSA) is 105 Å². The molecule has 0 radical (unpaired) electrons. The van der Waals surface area contributed by atoms with Gasteiger partial charge in [-0.25, -0.2) is 9.59 Å². The van der Waals surface area contributed by atoms with E-state index >= 15 is 0 Å². The molecule has 2 fully saturated rings. The lowest BCUT2D eigenvalue weighted by molar-refractivity contribution is -0.150. The normalized spacial score (nSPS) is 22.9. The Morgan fingerprint density at radius 3 is 2.34 bits per heavy atom. The molecule has 0 aromatic heterocycles.